The van der Waals surface area contributed by atoms with Gasteiger partial charge in [0.25, 0.3) is 0 Å². The second-order valence-corrected chi connectivity index (χ2v) is 6.36. The van der Waals surface area contributed by atoms with Gasteiger partial charge in [-0.05, 0) is 25.5 Å². The quantitative estimate of drug-likeness (QED) is 0.618. The second kappa shape index (κ2) is 8.98. The van der Waals surface area contributed by atoms with Gasteiger partial charge in [0, 0.05) is 17.2 Å². The molecule has 5 nitrogen and oxygen atoms in total. The van der Waals surface area contributed by atoms with Gasteiger partial charge in [-0.3, -0.25) is 9.59 Å². The Hall–Kier alpha value is -2.47. The number of rotatable bonds is 7. The summed E-state index contributed by atoms with van der Waals surface area (Å²) in [5, 5.41) is 3.80. The topological polar surface area (TPSA) is 68.3 Å². The van der Waals surface area contributed by atoms with Gasteiger partial charge < -0.3 is 10.1 Å². The molecule has 0 aliphatic heterocycles. The molecule has 0 saturated heterocycles. The Morgan fingerprint density at radius 3 is 2.71 bits per heavy atom. The van der Waals surface area contributed by atoms with E-state index in [-0.39, 0.29) is 18.3 Å². The van der Waals surface area contributed by atoms with Crippen molar-refractivity contribution in [3.8, 4) is 0 Å². The Bertz CT molecular complexity index is 710. The summed E-state index contributed by atoms with van der Waals surface area (Å²) in [6.07, 6.45) is 4.98. The molecule has 0 spiro atoms. The van der Waals surface area contributed by atoms with Crippen molar-refractivity contribution in [2.75, 3.05) is 6.61 Å². The molecule has 24 heavy (non-hydrogen) atoms. The Morgan fingerprint density at radius 2 is 2.08 bits per heavy atom. The Balaban J connectivity index is 2.05. The molecule has 1 atom stereocenters. The highest BCUT2D eigenvalue weighted by Crippen LogP contribution is 2.18. The molecule has 6 heteroatoms. The molecule has 1 aromatic heterocycles. The molecular formula is C18H20N2O3S. The second-order valence-electron chi connectivity index (χ2n) is 5.10. The first-order valence-electron chi connectivity index (χ1n) is 7.70. The molecule has 2 aromatic rings. The highest BCUT2D eigenvalue weighted by atomic mass is 32.1. The van der Waals surface area contributed by atoms with Crippen LogP contribution in [-0.4, -0.2) is 23.5 Å². The maximum atomic E-state index is 12.2. The van der Waals surface area contributed by atoms with E-state index in [0.29, 0.717) is 6.61 Å². The number of benzene rings is 1. The predicted molar refractivity (Wildman–Crippen MR) is 94.5 cm³/mol. The van der Waals surface area contributed by atoms with Crippen LogP contribution in [0.2, 0.25) is 0 Å². The minimum absolute atomic E-state index is 0.0943. The molecule has 1 aromatic carbocycles. The molecule has 1 amide bonds. The largest absolute Gasteiger partial charge is 0.466 e. The smallest absolute Gasteiger partial charge is 0.308 e. The fraction of sp³-hybridized carbons (Fsp3) is 0.278. The van der Waals surface area contributed by atoms with E-state index in [1.165, 1.54) is 17.4 Å². The molecule has 1 heterocycles. The lowest BCUT2D eigenvalue weighted by atomic mass is 10.0. The zero-order valence-corrected chi connectivity index (χ0v) is 14.5. The minimum atomic E-state index is -0.425. The highest BCUT2D eigenvalue weighted by molar-refractivity contribution is 7.12. The molecule has 0 saturated carbocycles. The molecule has 0 aliphatic rings. The van der Waals surface area contributed by atoms with E-state index in [1.54, 1.807) is 19.2 Å². The molecular weight excluding hydrogens is 324 g/mol. The van der Waals surface area contributed by atoms with Crippen molar-refractivity contribution in [2.45, 2.75) is 26.3 Å². The summed E-state index contributed by atoms with van der Waals surface area (Å²) in [6, 6.07) is 8.95. The van der Waals surface area contributed by atoms with Crippen LogP contribution >= 0.6 is 11.3 Å². The minimum Gasteiger partial charge on any atom is -0.466 e. The van der Waals surface area contributed by atoms with Gasteiger partial charge in [-0.25, -0.2) is 4.98 Å². The summed E-state index contributed by atoms with van der Waals surface area (Å²) in [5.74, 6) is -0.604. The van der Waals surface area contributed by atoms with Crippen molar-refractivity contribution >= 4 is 29.3 Å². The maximum absolute atomic E-state index is 12.2. The number of hydrogen-bond acceptors (Lipinski definition) is 5. The van der Waals surface area contributed by atoms with E-state index in [4.69, 9.17) is 4.74 Å². The van der Waals surface area contributed by atoms with E-state index in [9.17, 15) is 9.59 Å². The summed E-state index contributed by atoms with van der Waals surface area (Å²) in [5.41, 5.74) is 0.862. The number of aryl methyl sites for hydroxylation is 1. The van der Waals surface area contributed by atoms with Crippen LogP contribution in [-0.2, 0) is 14.3 Å². The Morgan fingerprint density at radius 1 is 1.33 bits per heavy atom. The lowest BCUT2D eigenvalue weighted by molar-refractivity contribution is -0.143. The first kappa shape index (κ1) is 17.9. The van der Waals surface area contributed by atoms with Gasteiger partial charge in [-0.2, -0.15) is 0 Å². The Labute approximate surface area is 145 Å². The van der Waals surface area contributed by atoms with Crippen LogP contribution < -0.4 is 5.32 Å². The van der Waals surface area contributed by atoms with Gasteiger partial charge in [0.2, 0.25) is 5.91 Å². The molecule has 0 unspecified atom stereocenters. The fourth-order valence-electron chi connectivity index (χ4n) is 2.16. The molecule has 126 valence electrons. The number of nitrogens with zero attached hydrogens (tertiary/aromatic N) is 1. The van der Waals surface area contributed by atoms with Gasteiger partial charge in [-0.15, -0.1) is 11.3 Å². The van der Waals surface area contributed by atoms with E-state index in [2.05, 4.69) is 10.3 Å². The number of hydrogen-bond donors (Lipinski definition) is 1. The summed E-state index contributed by atoms with van der Waals surface area (Å²) in [7, 11) is 0. The van der Waals surface area contributed by atoms with Crippen molar-refractivity contribution in [3.05, 3.63) is 58.1 Å². The monoisotopic (exact) mass is 344 g/mol. The summed E-state index contributed by atoms with van der Waals surface area (Å²) < 4.78 is 4.99. The van der Waals surface area contributed by atoms with E-state index in [1.807, 2.05) is 37.3 Å². The number of esters is 1. The van der Waals surface area contributed by atoms with Gasteiger partial charge in [0.15, 0.2) is 0 Å². The zero-order valence-electron chi connectivity index (χ0n) is 13.7. The molecule has 0 bridgehead atoms. The molecule has 0 aliphatic carbocycles. The van der Waals surface area contributed by atoms with Crippen molar-refractivity contribution in [1.82, 2.24) is 10.3 Å². The molecule has 1 N–H and O–H groups in total. The van der Waals surface area contributed by atoms with Crippen LogP contribution in [0.5, 0.6) is 0 Å². The van der Waals surface area contributed by atoms with Crippen molar-refractivity contribution in [2.24, 2.45) is 0 Å². The number of thiazole rings is 1. The standard InChI is InChI=1S/C18H20N2O3S/c1-3-23-18(22)11-16(14-7-5-4-6-8-14)20-17(21)10-9-15-12-19-13(2)24-15/h4-10,12,16H,3,11H2,1-2H3,(H,20,21)/b10-9-/t16-/m0/s1. The number of carbonyl (C=O) groups is 2. The summed E-state index contributed by atoms with van der Waals surface area (Å²) >= 11 is 1.51. The summed E-state index contributed by atoms with van der Waals surface area (Å²) in [4.78, 5) is 29.0. The highest BCUT2D eigenvalue weighted by Gasteiger charge is 2.18. The third-order valence-electron chi connectivity index (χ3n) is 3.23. The van der Waals surface area contributed by atoms with Gasteiger partial charge in [0.1, 0.15) is 0 Å². The van der Waals surface area contributed by atoms with E-state index < -0.39 is 6.04 Å². The first-order valence-corrected chi connectivity index (χ1v) is 8.51. The lowest BCUT2D eigenvalue weighted by Crippen LogP contribution is -2.29. The van der Waals surface area contributed by atoms with Crippen LogP contribution in [0, 0.1) is 6.92 Å². The van der Waals surface area contributed by atoms with Crippen LogP contribution in [0.1, 0.15) is 34.8 Å². The third kappa shape index (κ3) is 5.62. The lowest BCUT2D eigenvalue weighted by Gasteiger charge is -2.17. The average Bonchev–Trinajstić information content (AvgIpc) is 2.99. The van der Waals surface area contributed by atoms with Crippen LogP contribution in [0.25, 0.3) is 6.08 Å². The number of nitrogens with one attached hydrogen (secondary N) is 1. The molecule has 2 rings (SSSR count). The van der Waals surface area contributed by atoms with E-state index >= 15 is 0 Å². The molecule has 0 fully saturated rings. The van der Waals surface area contributed by atoms with Crippen molar-refractivity contribution in [3.63, 3.8) is 0 Å². The van der Waals surface area contributed by atoms with Gasteiger partial charge in [-0.1, -0.05) is 30.3 Å². The number of carbonyl (C=O) groups excluding carboxylic acids is 2. The average molecular weight is 344 g/mol. The third-order valence-corrected chi connectivity index (χ3v) is 4.11. The van der Waals surface area contributed by atoms with Gasteiger partial charge >= 0.3 is 5.97 Å². The summed E-state index contributed by atoms with van der Waals surface area (Å²) in [6.45, 7) is 3.99. The zero-order chi connectivity index (χ0) is 17.4. The van der Waals surface area contributed by atoms with Crippen LogP contribution in [0.4, 0.5) is 0 Å². The maximum Gasteiger partial charge on any atom is 0.308 e. The molecule has 0 radical (unpaired) electrons. The van der Waals surface area contributed by atoms with Crippen LogP contribution in [0.3, 0.4) is 0 Å². The van der Waals surface area contributed by atoms with Gasteiger partial charge in [0.05, 0.1) is 24.1 Å². The SMILES string of the molecule is CCOC(=O)C[C@H](NC(=O)/C=C\c1cnc(C)s1)c1ccccc1. The van der Waals surface area contributed by atoms with Crippen LogP contribution in [0.15, 0.2) is 42.6 Å². The first-order chi connectivity index (χ1) is 11.6. The van der Waals surface area contributed by atoms with Crippen molar-refractivity contribution in [1.29, 1.82) is 0 Å². The number of ether oxygens (including phenoxy) is 1. The van der Waals surface area contributed by atoms with Crippen molar-refractivity contribution < 1.29 is 14.3 Å². The Kier molecular flexibility index (Phi) is 6.69. The number of aromatic nitrogens is 1. The predicted octanol–water partition coefficient (Wildman–Crippen LogP) is 3.28. The van der Waals surface area contributed by atoms with E-state index in [0.717, 1.165) is 15.4 Å². The normalized spacial score (nSPS) is 12.1. The number of amides is 1. The fourth-order valence-corrected chi connectivity index (χ4v) is 2.84.